The fourth-order valence-electron chi connectivity index (χ4n) is 4.15. The maximum absolute atomic E-state index is 13.4. The van der Waals surface area contributed by atoms with Crippen LogP contribution in [0, 0.1) is 18.7 Å². The van der Waals surface area contributed by atoms with Gasteiger partial charge in [0, 0.05) is 18.2 Å². The molecule has 0 N–H and O–H groups in total. The fraction of sp³-hybridized carbons (Fsp3) is 0.385. The van der Waals surface area contributed by atoms with E-state index in [0.29, 0.717) is 29.3 Å². The van der Waals surface area contributed by atoms with Crippen LogP contribution >= 0.6 is 0 Å². The Bertz CT molecular complexity index is 1280. The number of nitrogens with zero attached hydrogens (tertiary/aromatic N) is 3. The van der Waals surface area contributed by atoms with Crippen LogP contribution in [0.15, 0.2) is 59.9 Å². The van der Waals surface area contributed by atoms with Crippen molar-refractivity contribution in [3.8, 4) is 0 Å². The molecule has 1 aliphatic carbocycles. The molecule has 0 radical (unpaired) electrons. The van der Waals surface area contributed by atoms with Crippen LogP contribution in [0.5, 0.6) is 0 Å². The maximum atomic E-state index is 13.4. The van der Waals surface area contributed by atoms with Crippen LogP contribution in [-0.2, 0) is 22.1 Å². The molecule has 0 saturated heterocycles. The highest BCUT2D eigenvalue weighted by Crippen LogP contribution is 2.31. The summed E-state index contributed by atoms with van der Waals surface area (Å²) in [7, 11) is -3.78. The first-order chi connectivity index (χ1) is 16.2. The highest BCUT2D eigenvalue weighted by atomic mass is 32.2. The van der Waals surface area contributed by atoms with Crippen molar-refractivity contribution in [2.24, 2.45) is 5.92 Å². The summed E-state index contributed by atoms with van der Waals surface area (Å²) in [4.78, 5) is 19.5. The summed E-state index contributed by atoms with van der Waals surface area (Å²) in [6.07, 6.45) is 3.75. The normalized spacial score (nSPS) is 13.9. The smallest absolute Gasteiger partial charge is 0.254 e. The van der Waals surface area contributed by atoms with E-state index in [2.05, 4.69) is 4.98 Å². The number of carbonyl (C=O) groups is 1. The third kappa shape index (κ3) is 5.38. The SMILES string of the molecule is Cc1ccccc1C(=O)N(Cc1cnc(S(=O)(=O)Cc2ccc(F)cc2)n1C(C)C)CC1CC1. The molecular formula is C26H30FN3O3S. The van der Waals surface area contributed by atoms with Gasteiger partial charge in [0.1, 0.15) is 5.82 Å². The van der Waals surface area contributed by atoms with Crippen LogP contribution in [0.1, 0.15) is 59.9 Å². The number of amides is 1. The van der Waals surface area contributed by atoms with Crippen LogP contribution < -0.4 is 0 Å². The largest absolute Gasteiger partial charge is 0.332 e. The summed E-state index contributed by atoms with van der Waals surface area (Å²) < 4.78 is 41.4. The molecule has 1 saturated carbocycles. The molecule has 1 heterocycles. The van der Waals surface area contributed by atoms with Gasteiger partial charge in [-0.1, -0.05) is 30.3 Å². The van der Waals surface area contributed by atoms with Gasteiger partial charge in [-0.2, -0.15) is 0 Å². The standard InChI is InChI=1S/C26H30FN3O3S/c1-18(2)30-23(14-28-26(30)34(32,33)17-21-10-12-22(27)13-11-21)16-29(15-20-8-9-20)25(31)24-7-5-4-6-19(24)3/h4-7,10-14,18,20H,8-9,15-17H2,1-3H3. The third-order valence-electron chi connectivity index (χ3n) is 6.10. The van der Waals surface area contributed by atoms with Gasteiger partial charge in [0.05, 0.1) is 24.2 Å². The lowest BCUT2D eigenvalue weighted by Crippen LogP contribution is -2.34. The van der Waals surface area contributed by atoms with E-state index in [4.69, 9.17) is 0 Å². The Kier molecular flexibility index (Phi) is 6.89. The first-order valence-corrected chi connectivity index (χ1v) is 13.2. The van der Waals surface area contributed by atoms with Gasteiger partial charge in [-0.3, -0.25) is 4.79 Å². The predicted molar refractivity (Wildman–Crippen MR) is 129 cm³/mol. The first-order valence-electron chi connectivity index (χ1n) is 11.5. The molecule has 3 aromatic rings. The topological polar surface area (TPSA) is 72.3 Å². The molecule has 1 amide bonds. The van der Waals surface area contributed by atoms with Crippen LogP contribution in [0.2, 0.25) is 0 Å². The first kappa shape index (κ1) is 24.1. The summed E-state index contributed by atoms with van der Waals surface area (Å²) in [6.45, 7) is 6.63. The number of carbonyl (C=O) groups excluding carboxylic acids is 1. The second-order valence-corrected chi connectivity index (χ2v) is 11.2. The van der Waals surface area contributed by atoms with Gasteiger partial charge < -0.3 is 9.47 Å². The number of aryl methyl sites for hydroxylation is 1. The van der Waals surface area contributed by atoms with E-state index in [1.807, 2.05) is 49.9 Å². The molecule has 1 aliphatic rings. The van der Waals surface area contributed by atoms with Crippen molar-refractivity contribution in [3.63, 3.8) is 0 Å². The summed E-state index contributed by atoms with van der Waals surface area (Å²) in [5.74, 6) is -0.270. The van der Waals surface area contributed by atoms with Crippen molar-refractivity contribution in [2.45, 2.75) is 57.1 Å². The molecule has 8 heteroatoms. The number of benzene rings is 2. The van der Waals surface area contributed by atoms with Crippen LogP contribution in [0.25, 0.3) is 0 Å². The molecule has 6 nitrogen and oxygen atoms in total. The zero-order valence-corrected chi connectivity index (χ0v) is 20.6. The Balaban J connectivity index is 1.65. The van der Waals surface area contributed by atoms with E-state index in [9.17, 15) is 17.6 Å². The van der Waals surface area contributed by atoms with E-state index in [-0.39, 0.29) is 29.4 Å². The van der Waals surface area contributed by atoms with E-state index >= 15 is 0 Å². The highest BCUT2D eigenvalue weighted by molar-refractivity contribution is 7.90. The van der Waals surface area contributed by atoms with E-state index in [1.165, 1.54) is 24.3 Å². The van der Waals surface area contributed by atoms with Gasteiger partial charge in [-0.15, -0.1) is 0 Å². The average Bonchev–Trinajstić information content (AvgIpc) is 3.50. The predicted octanol–water partition coefficient (Wildman–Crippen LogP) is 4.94. The second kappa shape index (κ2) is 9.70. The number of hydrogen-bond acceptors (Lipinski definition) is 4. The maximum Gasteiger partial charge on any atom is 0.254 e. The molecule has 2 aromatic carbocycles. The molecule has 0 spiro atoms. The van der Waals surface area contributed by atoms with Crippen molar-refractivity contribution in [3.05, 3.63) is 82.9 Å². The van der Waals surface area contributed by atoms with Crippen molar-refractivity contribution < 1.29 is 17.6 Å². The van der Waals surface area contributed by atoms with Gasteiger partial charge >= 0.3 is 0 Å². The lowest BCUT2D eigenvalue weighted by atomic mass is 10.1. The van der Waals surface area contributed by atoms with Gasteiger partial charge in [-0.25, -0.2) is 17.8 Å². The molecule has 1 aromatic heterocycles. The van der Waals surface area contributed by atoms with Crippen molar-refractivity contribution in [2.75, 3.05) is 6.54 Å². The van der Waals surface area contributed by atoms with Crippen molar-refractivity contribution >= 4 is 15.7 Å². The highest BCUT2D eigenvalue weighted by Gasteiger charge is 2.31. The van der Waals surface area contributed by atoms with E-state index in [1.54, 1.807) is 10.8 Å². The molecular weight excluding hydrogens is 453 g/mol. The summed E-state index contributed by atoms with van der Waals surface area (Å²) in [5, 5.41) is -0.0310. The zero-order chi connectivity index (χ0) is 24.5. The summed E-state index contributed by atoms with van der Waals surface area (Å²) >= 11 is 0. The minimum absolute atomic E-state index is 0.0310. The Hall–Kier alpha value is -3.00. The minimum atomic E-state index is -3.78. The van der Waals surface area contributed by atoms with Crippen molar-refractivity contribution in [1.82, 2.24) is 14.5 Å². The number of aromatic nitrogens is 2. The molecule has 0 aliphatic heterocycles. The fourth-order valence-corrected chi connectivity index (χ4v) is 5.75. The second-order valence-electron chi connectivity index (χ2n) is 9.33. The minimum Gasteiger partial charge on any atom is -0.332 e. The van der Waals surface area contributed by atoms with Crippen LogP contribution in [0.3, 0.4) is 0 Å². The Morgan fingerprint density at radius 3 is 2.44 bits per heavy atom. The zero-order valence-electron chi connectivity index (χ0n) is 19.7. The number of hydrogen-bond donors (Lipinski definition) is 0. The van der Waals surface area contributed by atoms with E-state index < -0.39 is 15.7 Å². The van der Waals surface area contributed by atoms with Crippen LogP contribution in [-0.4, -0.2) is 35.3 Å². The van der Waals surface area contributed by atoms with Crippen LogP contribution in [0.4, 0.5) is 4.39 Å². The molecule has 4 rings (SSSR count). The van der Waals surface area contributed by atoms with E-state index in [0.717, 1.165) is 18.4 Å². The Morgan fingerprint density at radius 2 is 1.82 bits per heavy atom. The molecule has 1 fully saturated rings. The quantitative estimate of drug-likeness (QED) is 0.432. The molecule has 0 unspecified atom stereocenters. The molecule has 34 heavy (non-hydrogen) atoms. The number of imidazole rings is 1. The number of halogens is 1. The third-order valence-corrected chi connectivity index (χ3v) is 7.67. The van der Waals surface area contributed by atoms with Gasteiger partial charge in [0.15, 0.2) is 0 Å². The van der Waals surface area contributed by atoms with Crippen molar-refractivity contribution in [1.29, 1.82) is 0 Å². The molecule has 180 valence electrons. The lowest BCUT2D eigenvalue weighted by Gasteiger charge is -2.25. The Labute approximate surface area is 200 Å². The monoisotopic (exact) mass is 483 g/mol. The number of sulfone groups is 1. The lowest BCUT2D eigenvalue weighted by molar-refractivity contribution is 0.0729. The van der Waals surface area contributed by atoms with Gasteiger partial charge in [0.25, 0.3) is 5.91 Å². The average molecular weight is 484 g/mol. The number of rotatable bonds is 9. The van der Waals surface area contributed by atoms with Gasteiger partial charge in [0.2, 0.25) is 15.0 Å². The summed E-state index contributed by atoms with van der Waals surface area (Å²) in [6, 6.07) is 12.8. The Morgan fingerprint density at radius 1 is 1.15 bits per heavy atom. The molecule has 0 bridgehead atoms. The molecule has 0 atom stereocenters. The van der Waals surface area contributed by atoms with Gasteiger partial charge in [-0.05, 0) is 68.9 Å². The summed E-state index contributed by atoms with van der Waals surface area (Å²) in [5.41, 5.74) is 2.73.